The highest BCUT2D eigenvalue weighted by Gasteiger charge is 2.25. The van der Waals surface area contributed by atoms with Crippen LogP contribution >= 0.6 is 0 Å². The molecule has 0 fully saturated rings. The quantitative estimate of drug-likeness (QED) is 0.0766. The Morgan fingerprint density at radius 2 is 1.20 bits per heavy atom. The predicted molar refractivity (Wildman–Crippen MR) is 171 cm³/mol. The molecule has 5 aromatic carbocycles. The summed E-state index contributed by atoms with van der Waals surface area (Å²) in [5, 5.41) is 25.7. The molecule has 0 aliphatic rings. The van der Waals surface area contributed by atoms with Crippen molar-refractivity contribution in [3.8, 4) is 28.0 Å². The van der Waals surface area contributed by atoms with Gasteiger partial charge in [-0.25, -0.2) is 16.8 Å². The minimum atomic E-state index is -4.29. The second-order valence-corrected chi connectivity index (χ2v) is 11.9. The van der Waals surface area contributed by atoms with E-state index in [2.05, 4.69) is 10.3 Å². The van der Waals surface area contributed by atoms with Crippen molar-refractivity contribution in [2.75, 3.05) is 7.11 Å². The highest BCUT2D eigenvalue weighted by atomic mass is 32.2. The summed E-state index contributed by atoms with van der Waals surface area (Å²) >= 11 is 0. The lowest BCUT2D eigenvalue weighted by molar-refractivity contribution is 0.318. The van der Waals surface area contributed by atoms with E-state index in [1.165, 1.54) is 23.2 Å². The number of fused-ring (bicyclic) bond motifs is 3. The van der Waals surface area contributed by atoms with E-state index in [1.54, 1.807) is 60.7 Å². The molecule has 45 heavy (non-hydrogen) atoms. The average Bonchev–Trinajstić information content (AvgIpc) is 3.41. The van der Waals surface area contributed by atoms with Crippen LogP contribution in [0, 0.1) is 5.82 Å². The van der Waals surface area contributed by atoms with Crippen LogP contribution in [0.2, 0.25) is 0 Å². The first-order valence-electron chi connectivity index (χ1n) is 13.5. The van der Waals surface area contributed by atoms with Crippen LogP contribution in [0.4, 0.5) is 4.39 Å². The molecule has 6 N–H and O–H groups in total. The SMILES string of the molecule is COc1ccc(S(=O)(=O)n2c3ccc(-c4cccc(/C(N)=N/O)c4)cc3c3cc(-c4cccc(/C(N)=N/O)c4)ccc32)cc1F. The van der Waals surface area contributed by atoms with Gasteiger partial charge >= 0.3 is 0 Å². The van der Waals surface area contributed by atoms with Gasteiger partial charge in [-0.05, 0) is 76.9 Å². The maximum Gasteiger partial charge on any atom is 0.268 e. The van der Waals surface area contributed by atoms with Gasteiger partial charge in [0.2, 0.25) is 0 Å². The van der Waals surface area contributed by atoms with Crippen molar-refractivity contribution >= 4 is 43.5 Å². The van der Waals surface area contributed by atoms with Gasteiger partial charge in [0.15, 0.2) is 23.2 Å². The monoisotopic (exact) mass is 623 g/mol. The molecule has 1 aromatic heterocycles. The Kier molecular flexibility index (Phi) is 7.35. The standard InChI is InChI=1S/C33H26FN5O5S/c1-44-31-13-10-25(18-28(31)34)45(42,43)39-29-11-8-21(19-4-2-6-23(14-19)32(35)37-40)16-26(29)27-17-22(9-12-30(27)39)20-5-3-7-24(15-20)33(36)38-41/h2-18,40-41H,1H3,(H2,35,37)(H2,36,38). The second kappa shape index (κ2) is 11.3. The van der Waals surface area contributed by atoms with Gasteiger partial charge in [-0.1, -0.05) is 58.8 Å². The molecular weight excluding hydrogens is 597 g/mol. The van der Waals surface area contributed by atoms with Gasteiger partial charge in [0, 0.05) is 21.9 Å². The van der Waals surface area contributed by atoms with E-state index < -0.39 is 15.8 Å². The molecule has 0 unspecified atom stereocenters. The predicted octanol–water partition coefficient (Wildman–Crippen LogP) is 5.70. The van der Waals surface area contributed by atoms with Crippen LogP contribution in [0.15, 0.2) is 118 Å². The second-order valence-electron chi connectivity index (χ2n) is 10.2. The fraction of sp³-hybridized carbons (Fsp3) is 0.0303. The van der Waals surface area contributed by atoms with E-state index in [-0.39, 0.29) is 22.3 Å². The van der Waals surface area contributed by atoms with Gasteiger partial charge in [-0.3, -0.25) is 0 Å². The molecule has 6 aromatic rings. The number of aromatic nitrogens is 1. The smallest absolute Gasteiger partial charge is 0.268 e. The summed E-state index contributed by atoms with van der Waals surface area (Å²) in [6, 6.07) is 28.3. The summed E-state index contributed by atoms with van der Waals surface area (Å²) in [4.78, 5) is -0.245. The molecule has 226 valence electrons. The molecule has 0 saturated heterocycles. The summed E-state index contributed by atoms with van der Waals surface area (Å²) in [7, 11) is -2.99. The van der Waals surface area contributed by atoms with Gasteiger partial charge in [0.1, 0.15) is 0 Å². The van der Waals surface area contributed by atoms with Crippen LogP contribution in [0.5, 0.6) is 5.75 Å². The molecule has 1 heterocycles. The lowest BCUT2D eigenvalue weighted by atomic mass is 9.98. The summed E-state index contributed by atoms with van der Waals surface area (Å²) in [6.45, 7) is 0. The molecule has 0 spiro atoms. The zero-order chi connectivity index (χ0) is 31.9. The van der Waals surface area contributed by atoms with Gasteiger partial charge < -0.3 is 26.6 Å². The normalized spacial score (nSPS) is 12.6. The van der Waals surface area contributed by atoms with Crippen molar-refractivity contribution in [1.82, 2.24) is 3.97 Å². The average molecular weight is 624 g/mol. The third-order valence-corrected chi connectivity index (χ3v) is 9.30. The van der Waals surface area contributed by atoms with Crippen LogP contribution in [0.25, 0.3) is 44.1 Å². The van der Waals surface area contributed by atoms with Crippen molar-refractivity contribution in [2.45, 2.75) is 4.90 Å². The lowest BCUT2D eigenvalue weighted by Crippen LogP contribution is -2.13. The Labute approximate surface area is 256 Å². The van der Waals surface area contributed by atoms with Crippen LogP contribution in [-0.4, -0.2) is 41.6 Å². The zero-order valence-electron chi connectivity index (χ0n) is 23.7. The number of benzene rings is 5. The van der Waals surface area contributed by atoms with E-state index in [9.17, 15) is 12.8 Å². The summed E-state index contributed by atoms with van der Waals surface area (Å²) in [5.74, 6) is -0.981. The topological polar surface area (TPSA) is 166 Å². The Hall–Kier alpha value is -5.88. The highest BCUT2D eigenvalue weighted by Crippen LogP contribution is 2.38. The third kappa shape index (κ3) is 5.06. The number of nitrogens with zero attached hydrogens (tertiary/aromatic N) is 3. The Balaban J connectivity index is 1.62. The molecule has 6 rings (SSSR count). The Morgan fingerprint density at radius 3 is 1.64 bits per heavy atom. The summed E-state index contributed by atoms with van der Waals surface area (Å²) < 4.78 is 49.2. The van der Waals surface area contributed by atoms with Crippen LogP contribution in [0.1, 0.15) is 11.1 Å². The van der Waals surface area contributed by atoms with Gasteiger partial charge in [0.05, 0.1) is 23.0 Å². The fourth-order valence-corrected chi connectivity index (χ4v) is 6.89. The van der Waals surface area contributed by atoms with Crippen molar-refractivity contribution < 1.29 is 28.0 Å². The maximum atomic E-state index is 14.7. The number of ether oxygens (including phenoxy) is 1. The molecule has 12 heteroatoms. The van der Waals surface area contributed by atoms with Crippen LogP contribution < -0.4 is 16.2 Å². The number of hydrogen-bond donors (Lipinski definition) is 4. The number of oxime groups is 2. The summed E-state index contributed by atoms with van der Waals surface area (Å²) in [6.07, 6.45) is 0. The molecule has 0 bridgehead atoms. The van der Waals surface area contributed by atoms with Gasteiger partial charge in [-0.15, -0.1) is 0 Å². The first-order valence-corrected chi connectivity index (χ1v) is 14.9. The van der Waals surface area contributed by atoms with Crippen LogP contribution in [0.3, 0.4) is 0 Å². The molecule has 0 saturated carbocycles. The van der Waals surface area contributed by atoms with Crippen molar-refractivity contribution in [1.29, 1.82) is 0 Å². The van der Waals surface area contributed by atoms with Crippen molar-refractivity contribution in [3.63, 3.8) is 0 Å². The largest absolute Gasteiger partial charge is 0.494 e. The summed E-state index contributed by atoms with van der Waals surface area (Å²) in [5.41, 5.74) is 16.4. The molecule has 0 radical (unpaired) electrons. The molecule has 0 amide bonds. The number of amidine groups is 2. The zero-order valence-corrected chi connectivity index (χ0v) is 24.5. The minimum absolute atomic E-state index is 0.0499. The molecule has 0 aliphatic heterocycles. The van der Waals surface area contributed by atoms with Gasteiger partial charge in [-0.2, -0.15) is 0 Å². The van der Waals surface area contributed by atoms with Crippen molar-refractivity contribution in [2.24, 2.45) is 21.8 Å². The molecule has 0 aliphatic carbocycles. The minimum Gasteiger partial charge on any atom is -0.494 e. The Bertz CT molecular complexity index is 2180. The molecule has 0 atom stereocenters. The van der Waals surface area contributed by atoms with E-state index in [0.29, 0.717) is 32.9 Å². The van der Waals surface area contributed by atoms with E-state index in [4.69, 9.17) is 26.6 Å². The number of methoxy groups -OCH3 is 1. The van der Waals surface area contributed by atoms with Gasteiger partial charge in [0.25, 0.3) is 10.0 Å². The van der Waals surface area contributed by atoms with Crippen LogP contribution in [-0.2, 0) is 10.0 Å². The lowest BCUT2D eigenvalue weighted by Gasteiger charge is -2.11. The van der Waals surface area contributed by atoms with E-state index >= 15 is 0 Å². The number of nitrogens with two attached hydrogens (primary N) is 2. The molecule has 10 nitrogen and oxygen atoms in total. The first kappa shape index (κ1) is 29.2. The number of hydrogen-bond acceptors (Lipinski definition) is 7. The Morgan fingerprint density at radius 1 is 0.711 bits per heavy atom. The number of rotatable bonds is 7. The van der Waals surface area contributed by atoms with E-state index in [1.807, 2.05) is 24.3 Å². The van der Waals surface area contributed by atoms with E-state index in [0.717, 1.165) is 28.3 Å². The third-order valence-electron chi connectivity index (χ3n) is 7.58. The highest BCUT2D eigenvalue weighted by molar-refractivity contribution is 7.90. The number of halogens is 1. The maximum absolute atomic E-state index is 14.7. The first-order chi connectivity index (χ1) is 21.7. The molecular formula is C33H26FN5O5S. The van der Waals surface area contributed by atoms with Crippen molar-refractivity contribution in [3.05, 3.63) is 120 Å². The fourth-order valence-electron chi connectivity index (χ4n) is 5.35.